The number of amides is 1. The van der Waals surface area contributed by atoms with Gasteiger partial charge in [0.25, 0.3) is 0 Å². The zero-order chi connectivity index (χ0) is 16.9. The maximum absolute atomic E-state index is 11.1. The molecular formula is C20H20N2O2. The molecule has 0 saturated carbocycles. The van der Waals surface area contributed by atoms with Gasteiger partial charge in [-0.2, -0.15) is 0 Å². The molecule has 3 rings (SSSR count). The summed E-state index contributed by atoms with van der Waals surface area (Å²) in [6, 6.07) is 19.7. The molecule has 0 bridgehead atoms. The molecule has 0 aliphatic heterocycles. The van der Waals surface area contributed by atoms with Crippen molar-refractivity contribution in [3.05, 3.63) is 77.4 Å². The van der Waals surface area contributed by atoms with Crippen molar-refractivity contribution in [3.8, 4) is 5.75 Å². The SMILES string of the molecule is COc1cc(CNCc2ccc(C(N)=O)cc2)cc2ccccc12. The number of fused-ring (bicyclic) bond motifs is 1. The first kappa shape index (κ1) is 16.0. The summed E-state index contributed by atoms with van der Waals surface area (Å²) in [7, 11) is 1.69. The Kier molecular flexibility index (Phi) is 4.77. The van der Waals surface area contributed by atoms with Crippen molar-refractivity contribution in [1.82, 2.24) is 5.32 Å². The van der Waals surface area contributed by atoms with Gasteiger partial charge < -0.3 is 15.8 Å². The van der Waals surface area contributed by atoms with Crippen LogP contribution in [0.2, 0.25) is 0 Å². The molecule has 0 aromatic heterocycles. The van der Waals surface area contributed by atoms with E-state index in [1.807, 2.05) is 24.3 Å². The van der Waals surface area contributed by atoms with Crippen molar-refractivity contribution in [2.24, 2.45) is 5.73 Å². The molecule has 3 aromatic carbocycles. The molecule has 0 aliphatic carbocycles. The summed E-state index contributed by atoms with van der Waals surface area (Å²) in [4.78, 5) is 11.1. The average Bonchev–Trinajstić information content (AvgIpc) is 2.61. The smallest absolute Gasteiger partial charge is 0.248 e. The van der Waals surface area contributed by atoms with Crippen molar-refractivity contribution in [1.29, 1.82) is 0 Å². The van der Waals surface area contributed by atoms with E-state index in [-0.39, 0.29) is 0 Å². The van der Waals surface area contributed by atoms with Gasteiger partial charge in [0.15, 0.2) is 0 Å². The molecule has 0 atom stereocenters. The summed E-state index contributed by atoms with van der Waals surface area (Å²) in [6.07, 6.45) is 0. The van der Waals surface area contributed by atoms with E-state index in [0.29, 0.717) is 12.1 Å². The van der Waals surface area contributed by atoms with Gasteiger partial charge >= 0.3 is 0 Å². The Morgan fingerprint density at radius 1 is 1.00 bits per heavy atom. The summed E-state index contributed by atoms with van der Waals surface area (Å²) in [6.45, 7) is 1.45. The minimum atomic E-state index is -0.405. The number of hydrogen-bond acceptors (Lipinski definition) is 3. The Morgan fingerprint density at radius 3 is 2.42 bits per heavy atom. The number of methoxy groups -OCH3 is 1. The molecule has 4 nitrogen and oxygen atoms in total. The van der Waals surface area contributed by atoms with E-state index in [9.17, 15) is 4.79 Å². The largest absolute Gasteiger partial charge is 0.496 e. The lowest BCUT2D eigenvalue weighted by Gasteiger charge is -2.10. The molecule has 24 heavy (non-hydrogen) atoms. The molecule has 122 valence electrons. The van der Waals surface area contributed by atoms with Crippen LogP contribution in [0.3, 0.4) is 0 Å². The van der Waals surface area contributed by atoms with E-state index in [2.05, 4.69) is 29.6 Å². The second-order valence-corrected chi connectivity index (χ2v) is 5.68. The van der Waals surface area contributed by atoms with Crippen molar-refractivity contribution in [3.63, 3.8) is 0 Å². The minimum Gasteiger partial charge on any atom is -0.496 e. The molecule has 4 heteroatoms. The monoisotopic (exact) mass is 320 g/mol. The number of rotatable bonds is 6. The fraction of sp³-hybridized carbons (Fsp3) is 0.150. The molecule has 0 saturated heterocycles. The van der Waals surface area contributed by atoms with E-state index < -0.39 is 5.91 Å². The van der Waals surface area contributed by atoms with Crippen LogP contribution in [0.25, 0.3) is 10.8 Å². The van der Waals surface area contributed by atoms with Crippen LogP contribution in [0.15, 0.2) is 60.7 Å². The highest BCUT2D eigenvalue weighted by Gasteiger charge is 2.04. The Labute approximate surface area is 141 Å². The predicted molar refractivity (Wildman–Crippen MR) is 96.0 cm³/mol. The summed E-state index contributed by atoms with van der Waals surface area (Å²) < 4.78 is 5.50. The van der Waals surface area contributed by atoms with Crippen LogP contribution in [-0.2, 0) is 13.1 Å². The Bertz CT molecular complexity index is 857. The van der Waals surface area contributed by atoms with Crippen molar-refractivity contribution < 1.29 is 9.53 Å². The van der Waals surface area contributed by atoms with Gasteiger partial charge in [0.05, 0.1) is 7.11 Å². The molecule has 0 aliphatic rings. The molecular weight excluding hydrogens is 300 g/mol. The lowest BCUT2D eigenvalue weighted by Crippen LogP contribution is -2.14. The summed E-state index contributed by atoms with van der Waals surface area (Å²) >= 11 is 0. The average molecular weight is 320 g/mol. The quantitative estimate of drug-likeness (QED) is 0.733. The number of primary amides is 1. The number of nitrogens with one attached hydrogen (secondary N) is 1. The van der Waals surface area contributed by atoms with E-state index in [1.165, 1.54) is 10.9 Å². The maximum Gasteiger partial charge on any atom is 0.248 e. The van der Waals surface area contributed by atoms with Gasteiger partial charge in [-0.05, 0) is 40.8 Å². The second-order valence-electron chi connectivity index (χ2n) is 5.68. The molecule has 0 spiro atoms. The van der Waals surface area contributed by atoms with Gasteiger partial charge in [0, 0.05) is 24.0 Å². The highest BCUT2D eigenvalue weighted by atomic mass is 16.5. The Balaban J connectivity index is 1.68. The van der Waals surface area contributed by atoms with E-state index in [1.54, 1.807) is 19.2 Å². The Hall–Kier alpha value is -2.85. The van der Waals surface area contributed by atoms with Crippen LogP contribution < -0.4 is 15.8 Å². The summed E-state index contributed by atoms with van der Waals surface area (Å²) in [5.41, 5.74) is 8.04. The minimum absolute atomic E-state index is 0.405. The first-order valence-corrected chi connectivity index (χ1v) is 7.82. The van der Waals surface area contributed by atoms with Gasteiger partial charge in [-0.3, -0.25) is 4.79 Å². The van der Waals surface area contributed by atoms with Crippen LogP contribution in [0, 0.1) is 0 Å². The standard InChI is InChI=1S/C20H20N2O2/c1-24-19-11-15(10-17-4-2-3-5-18(17)19)13-22-12-14-6-8-16(9-7-14)20(21)23/h2-11,22H,12-13H2,1H3,(H2,21,23). The van der Waals surface area contributed by atoms with Crippen LogP contribution in [0.1, 0.15) is 21.5 Å². The number of benzene rings is 3. The summed E-state index contributed by atoms with van der Waals surface area (Å²) in [5.74, 6) is 0.480. The lowest BCUT2D eigenvalue weighted by atomic mass is 10.1. The molecule has 1 amide bonds. The van der Waals surface area contributed by atoms with E-state index in [4.69, 9.17) is 10.5 Å². The third-order valence-electron chi connectivity index (χ3n) is 4.00. The highest BCUT2D eigenvalue weighted by Crippen LogP contribution is 2.27. The van der Waals surface area contributed by atoms with E-state index in [0.717, 1.165) is 23.2 Å². The zero-order valence-corrected chi connectivity index (χ0v) is 13.6. The molecule has 3 N–H and O–H groups in total. The number of ether oxygens (including phenoxy) is 1. The van der Waals surface area contributed by atoms with Crippen molar-refractivity contribution in [2.45, 2.75) is 13.1 Å². The normalized spacial score (nSPS) is 10.7. The van der Waals surface area contributed by atoms with Crippen molar-refractivity contribution in [2.75, 3.05) is 7.11 Å². The summed E-state index contributed by atoms with van der Waals surface area (Å²) in [5, 5.41) is 5.69. The van der Waals surface area contributed by atoms with Crippen molar-refractivity contribution >= 4 is 16.7 Å². The first-order chi connectivity index (χ1) is 11.7. The van der Waals surface area contributed by atoms with Crippen LogP contribution >= 0.6 is 0 Å². The maximum atomic E-state index is 11.1. The van der Waals surface area contributed by atoms with Gasteiger partial charge in [0.1, 0.15) is 5.75 Å². The molecule has 0 fully saturated rings. The third-order valence-corrected chi connectivity index (χ3v) is 4.00. The molecule has 0 radical (unpaired) electrons. The highest BCUT2D eigenvalue weighted by molar-refractivity contribution is 5.92. The number of carbonyl (C=O) groups excluding carboxylic acids is 1. The van der Waals surface area contributed by atoms with Gasteiger partial charge in [0.2, 0.25) is 5.91 Å². The Morgan fingerprint density at radius 2 is 1.71 bits per heavy atom. The zero-order valence-electron chi connectivity index (χ0n) is 13.6. The molecule has 3 aromatic rings. The number of nitrogens with two attached hydrogens (primary N) is 1. The number of carbonyl (C=O) groups is 1. The van der Waals surface area contributed by atoms with Gasteiger partial charge in [-0.15, -0.1) is 0 Å². The fourth-order valence-electron chi connectivity index (χ4n) is 2.74. The predicted octanol–water partition coefficient (Wildman–Crippen LogP) is 3.24. The fourth-order valence-corrected chi connectivity index (χ4v) is 2.74. The van der Waals surface area contributed by atoms with Gasteiger partial charge in [-0.1, -0.05) is 36.4 Å². The third kappa shape index (κ3) is 3.55. The van der Waals surface area contributed by atoms with Crippen LogP contribution in [-0.4, -0.2) is 13.0 Å². The lowest BCUT2D eigenvalue weighted by molar-refractivity contribution is 0.100. The van der Waals surface area contributed by atoms with Crippen LogP contribution in [0.5, 0.6) is 5.75 Å². The molecule has 0 unspecified atom stereocenters. The van der Waals surface area contributed by atoms with Crippen LogP contribution in [0.4, 0.5) is 0 Å². The topological polar surface area (TPSA) is 64.3 Å². The first-order valence-electron chi connectivity index (χ1n) is 7.82. The van der Waals surface area contributed by atoms with Gasteiger partial charge in [-0.25, -0.2) is 0 Å². The number of hydrogen-bond donors (Lipinski definition) is 2. The second kappa shape index (κ2) is 7.15. The molecule has 0 heterocycles. The van der Waals surface area contributed by atoms with E-state index >= 15 is 0 Å².